The summed E-state index contributed by atoms with van der Waals surface area (Å²) in [4.78, 5) is 20.9. The Bertz CT molecular complexity index is 223. The first-order valence-corrected chi connectivity index (χ1v) is 6.51. The van der Waals surface area contributed by atoms with E-state index in [9.17, 15) is 19.8 Å². The summed E-state index contributed by atoms with van der Waals surface area (Å²) in [6.45, 7) is 2.17. The second-order valence-corrected chi connectivity index (χ2v) is 4.45. The molecule has 0 aromatic rings. The van der Waals surface area contributed by atoms with Crippen molar-refractivity contribution in [1.29, 1.82) is 0 Å². The quantitative estimate of drug-likeness (QED) is 0.217. The fourth-order valence-electron chi connectivity index (χ4n) is 1.81. The Kier molecular flexibility index (Phi) is 23.7. The zero-order chi connectivity index (χ0) is 13.1. The van der Waals surface area contributed by atoms with Crippen molar-refractivity contribution >= 4 is 11.9 Å². The summed E-state index contributed by atoms with van der Waals surface area (Å²) < 4.78 is 0. The molecule has 0 aliphatic heterocycles. The maximum absolute atomic E-state index is 10.4. The van der Waals surface area contributed by atoms with Crippen LogP contribution in [0.3, 0.4) is 0 Å². The summed E-state index contributed by atoms with van der Waals surface area (Å²) in [5, 5.41) is 20.9. The van der Waals surface area contributed by atoms with Crippen molar-refractivity contribution in [3.05, 3.63) is 0 Å². The smallest absolute Gasteiger partial charge is 0.549 e. The van der Waals surface area contributed by atoms with Crippen LogP contribution < -0.4 is 91.2 Å². The van der Waals surface area contributed by atoms with E-state index in [2.05, 4.69) is 6.92 Å². The molecule has 0 saturated carbocycles. The van der Waals surface area contributed by atoms with Crippen LogP contribution in [0, 0.1) is 5.92 Å². The Morgan fingerprint density at radius 1 is 0.842 bits per heavy atom. The van der Waals surface area contributed by atoms with E-state index in [4.69, 9.17) is 0 Å². The van der Waals surface area contributed by atoms with Gasteiger partial charge in [-0.15, -0.1) is 0 Å². The predicted octanol–water partition coefficient (Wildman–Crippen LogP) is -5.36. The Balaban J connectivity index is -0.00000128. The van der Waals surface area contributed by atoms with Gasteiger partial charge in [0.2, 0.25) is 0 Å². The molecule has 6 heteroatoms. The molecule has 19 heavy (non-hydrogen) atoms. The summed E-state index contributed by atoms with van der Waals surface area (Å²) in [6.07, 6.45) is 8.73. The average Bonchev–Trinajstić information content (AvgIpc) is 2.26. The molecule has 0 heterocycles. The van der Waals surface area contributed by atoms with Crippen LogP contribution in [0.15, 0.2) is 0 Å². The number of carbonyl (C=O) groups is 2. The molecule has 0 aromatic carbocycles. The summed E-state index contributed by atoms with van der Waals surface area (Å²) in [5.41, 5.74) is 0. The number of carboxylic acid groups (broad SMARTS) is 2. The number of unbranched alkanes of at least 4 members (excludes halogenated alkanes) is 7. The normalized spacial score (nSPS) is 9.58. The molecule has 0 radical (unpaired) electrons. The molecular weight excluding hydrogens is 282 g/mol. The molecule has 0 N–H and O–H groups in total. The van der Waals surface area contributed by atoms with Crippen LogP contribution in [0.4, 0.5) is 0 Å². The van der Waals surface area contributed by atoms with Gasteiger partial charge in [0.15, 0.2) is 0 Å². The summed E-state index contributed by atoms with van der Waals surface area (Å²) in [6, 6.07) is 0. The van der Waals surface area contributed by atoms with Crippen molar-refractivity contribution < 1.29 is 101 Å². The van der Waals surface area contributed by atoms with E-state index in [0.717, 1.165) is 19.3 Å². The molecule has 0 aromatic heterocycles. The van der Waals surface area contributed by atoms with Crippen LogP contribution >= 0.6 is 0 Å². The van der Waals surface area contributed by atoms with Gasteiger partial charge in [-0.2, -0.15) is 0 Å². The Morgan fingerprint density at radius 2 is 1.21 bits per heavy atom. The van der Waals surface area contributed by atoms with Crippen molar-refractivity contribution in [1.82, 2.24) is 0 Å². The minimum absolute atomic E-state index is 0. The monoisotopic (exact) mass is 304 g/mol. The molecule has 0 amide bonds. The molecule has 0 bridgehead atoms. The zero-order valence-electron chi connectivity index (χ0n) is 12.6. The van der Waals surface area contributed by atoms with Crippen molar-refractivity contribution in [2.75, 3.05) is 0 Å². The first-order valence-electron chi connectivity index (χ1n) is 6.51. The van der Waals surface area contributed by atoms with E-state index in [1.807, 2.05) is 0 Å². The molecule has 0 aliphatic rings. The van der Waals surface area contributed by atoms with Gasteiger partial charge >= 0.3 is 80.9 Å². The topological polar surface area (TPSA) is 80.3 Å². The summed E-state index contributed by atoms with van der Waals surface area (Å²) in [5.74, 6) is -4.52. The average molecular weight is 304 g/mol. The number of rotatable bonds is 11. The molecule has 0 fully saturated rings. The largest absolute Gasteiger partial charge is 1.00 e. The minimum atomic E-state index is -1.53. The maximum Gasteiger partial charge on any atom is 1.00 e. The van der Waals surface area contributed by atoms with Crippen LogP contribution in [-0.2, 0) is 9.59 Å². The van der Waals surface area contributed by atoms with E-state index in [1.165, 1.54) is 25.7 Å². The van der Waals surface area contributed by atoms with E-state index in [-0.39, 0.29) is 87.4 Å². The zero-order valence-corrected chi connectivity index (χ0v) is 17.7. The van der Waals surface area contributed by atoms with Gasteiger partial charge < -0.3 is 19.8 Å². The molecule has 100 valence electrons. The first-order chi connectivity index (χ1) is 8.09. The molecule has 0 unspecified atom stereocenters. The first kappa shape index (κ1) is 25.5. The van der Waals surface area contributed by atoms with Crippen molar-refractivity contribution in [3.63, 3.8) is 0 Å². The second kappa shape index (κ2) is 17.6. The van der Waals surface area contributed by atoms with Crippen LogP contribution in [-0.4, -0.2) is 11.9 Å². The van der Waals surface area contributed by atoms with Crippen LogP contribution in [0.1, 0.15) is 64.7 Å². The van der Waals surface area contributed by atoms with E-state index in [1.54, 1.807) is 0 Å². The number of hydrogen-bond donors (Lipinski definition) is 0. The van der Waals surface area contributed by atoms with Gasteiger partial charge in [0.05, 0.1) is 11.9 Å². The molecule has 0 aliphatic carbocycles. The predicted molar refractivity (Wildman–Crippen MR) is 60.7 cm³/mol. The van der Waals surface area contributed by atoms with Crippen molar-refractivity contribution in [2.24, 2.45) is 5.92 Å². The van der Waals surface area contributed by atoms with Crippen molar-refractivity contribution in [3.8, 4) is 0 Å². The maximum atomic E-state index is 10.4. The summed E-state index contributed by atoms with van der Waals surface area (Å²) >= 11 is 0. The SMILES string of the molecule is CCCCCCCCCCC(C(=O)[O-])C(=O)[O-].[K+].[Na+]. The third kappa shape index (κ3) is 15.8. The number of carbonyl (C=O) groups excluding carboxylic acids is 2. The fourth-order valence-corrected chi connectivity index (χ4v) is 1.81. The molecule has 0 saturated heterocycles. The van der Waals surface area contributed by atoms with Crippen LogP contribution in [0.2, 0.25) is 0 Å². The van der Waals surface area contributed by atoms with Gasteiger partial charge in [0.1, 0.15) is 0 Å². The van der Waals surface area contributed by atoms with Gasteiger partial charge in [-0.25, -0.2) is 0 Å². The Labute approximate surface area is 180 Å². The molecule has 0 atom stereocenters. The van der Waals surface area contributed by atoms with Crippen molar-refractivity contribution in [2.45, 2.75) is 64.7 Å². The minimum Gasteiger partial charge on any atom is -0.549 e. The number of carboxylic acids is 2. The van der Waals surface area contributed by atoms with Gasteiger partial charge in [-0.1, -0.05) is 58.3 Å². The fraction of sp³-hybridized carbons (Fsp3) is 0.846. The van der Waals surface area contributed by atoms with Gasteiger partial charge in [-0.3, -0.25) is 0 Å². The summed E-state index contributed by atoms with van der Waals surface area (Å²) in [7, 11) is 0. The molecule has 4 nitrogen and oxygen atoms in total. The molecular formula is C13H22KNaO4. The Morgan fingerprint density at radius 3 is 1.58 bits per heavy atom. The molecule has 0 rings (SSSR count). The number of hydrogen-bond acceptors (Lipinski definition) is 4. The molecule has 0 spiro atoms. The van der Waals surface area contributed by atoms with Gasteiger partial charge in [0, 0.05) is 5.92 Å². The third-order valence-corrected chi connectivity index (χ3v) is 2.92. The van der Waals surface area contributed by atoms with E-state index in [0.29, 0.717) is 6.42 Å². The third-order valence-electron chi connectivity index (χ3n) is 2.92. The van der Waals surface area contributed by atoms with E-state index >= 15 is 0 Å². The second-order valence-electron chi connectivity index (χ2n) is 4.45. The van der Waals surface area contributed by atoms with Gasteiger partial charge in [0.25, 0.3) is 0 Å². The van der Waals surface area contributed by atoms with E-state index < -0.39 is 17.9 Å². The Hall–Kier alpha value is 1.58. The standard InChI is InChI=1S/C13H24O4.K.Na/c1-2-3-4-5-6-7-8-9-10-11(12(14)15)13(16)17;;/h11H,2-10H2,1H3,(H,14,15)(H,16,17);;/q;2*+1/p-2. The van der Waals surface area contributed by atoms with Crippen LogP contribution in [0.25, 0.3) is 0 Å². The van der Waals surface area contributed by atoms with Crippen LogP contribution in [0.5, 0.6) is 0 Å². The van der Waals surface area contributed by atoms with Gasteiger partial charge in [-0.05, 0) is 6.42 Å². The number of aliphatic carboxylic acids is 2.